The monoisotopic (exact) mass is 259 g/mol. The standard InChI is InChI=1S/C16H25N3/c1-12(17)15-7-4-9-18-16(15)19-10-8-13-5-2-3-6-14(13)11-19/h4,7,9,12-14H,2-3,5-6,8,10-11,17H2,1H3/t12-,13?,14?/m0/s1. The van der Waals surface area contributed by atoms with Crippen molar-refractivity contribution < 1.29 is 0 Å². The van der Waals surface area contributed by atoms with E-state index in [1.165, 1.54) is 44.2 Å². The lowest BCUT2D eigenvalue weighted by Gasteiger charge is -2.42. The van der Waals surface area contributed by atoms with Gasteiger partial charge in [-0.3, -0.25) is 0 Å². The molecule has 2 fully saturated rings. The van der Waals surface area contributed by atoms with Crippen molar-refractivity contribution in [1.29, 1.82) is 0 Å². The fourth-order valence-electron chi connectivity index (χ4n) is 3.82. The third kappa shape index (κ3) is 2.62. The van der Waals surface area contributed by atoms with E-state index in [0.717, 1.165) is 24.2 Å². The Kier molecular flexibility index (Phi) is 3.74. The molecular weight excluding hydrogens is 234 g/mol. The van der Waals surface area contributed by atoms with E-state index in [-0.39, 0.29) is 6.04 Å². The van der Waals surface area contributed by atoms with Gasteiger partial charge in [0.2, 0.25) is 0 Å². The van der Waals surface area contributed by atoms with Gasteiger partial charge in [-0.05, 0) is 37.7 Å². The van der Waals surface area contributed by atoms with Gasteiger partial charge in [0.25, 0.3) is 0 Å². The van der Waals surface area contributed by atoms with Crippen LogP contribution in [-0.4, -0.2) is 18.1 Å². The summed E-state index contributed by atoms with van der Waals surface area (Å²) in [6.45, 7) is 4.38. The molecule has 3 rings (SSSR count). The first-order valence-corrected chi connectivity index (χ1v) is 7.71. The van der Waals surface area contributed by atoms with Gasteiger partial charge in [0.1, 0.15) is 5.82 Å². The van der Waals surface area contributed by atoms with Crippen molar-refractivity contribution in [2.45, 2.75) is 45.1 Å². The lowest BCUT2D eigenvalue weighted by Crippen LogP contribution is -2.42. The Morgan fingerprint density at radius 3 is 2.84 bits per heavy atom. The highest BCUT2D eigenvalue weighted by Crippen LogP contribution is 2.38. The molecule has 3 atom stereocenters. The molecule has 19 heavy (non-hydrogen) atoms. The fourth-order valence-corrected chi connectivity index (χ4v) is 3.82. The molecule has 0 spiro atoms. The number of hydrogen-bond donors (Lipinski definition) is 1. The summed E-state index contributed by atoms with van der Waals surface area (Å²) in [5.41, 5.74) is 7.28. The normalized spacial score (nSPS) is 28.8. The van der Waals surface area contributed by atoms with Crippen LogP contribution in [0, 0.1) is 11.8 Å². The van der Waals surface area contributed by atoms with Crippen LogP contribution < -0.4 is 10.6 Å². The molecule has 2 N–H and O–H groups in total. The number of hydrogen-bond acceptors (Lipinski definition) is 3. The van der Waals surface area contributed by atoms with Crippen LogP contribution in [0.4, 0.5) is 5.82 Å². The molecule has 104 valence electrons. The van der Waals surface area contributed by atoms with E-state index in [0.29, 0.717) is 0 Å². The lowest BCUT2D eigenvalue weighted by atomic mass is 9.75. The Balaban J connectivity index is 1.79. The van der Waals surface area contributed by atoms with Gasteiger partial charge in [0, 0.05) is 30.9 Å². The molecule has 1 aliphatic heterocycles. The summed E-state index contributed by atoms with van der Waals surface area (Å²) in [7, 11) is 0. The molecule has 3 nitrogen and oxygen atoms in total. The van der Waals surface area contributed by atoms with Crippen LogP contribution in [0.1, 0.15) is 50.6 Å². The molecule has 0 amide bonds. The first-order valence-electron chi connectivity index (χ1n) is 7.71. The van der Waals surface area contributed by atoms with E-state index in [9.17, 15) is 0 Å². The van der Waals surface area contributed by atoms with Crippen molar-refractivity contribution in [1.82, 2.24) is 4.98 Å². The predicted molar refractivity (Wildman–Crippen MR) is 79.1 cm³/mol. The molecule has 2 unspecified atom stereocenters. The van der Waals surface area contributed by atoms with Gasteiger partial charge < -0.3 is 10.6 Å². The highest BCUT2D eigenvalue weighted by atomic mass is 15.2. The topological polar surface area (TPSA) is 42.1 Å². The van der Waals surface area contributed by atoms with Crippen LogP contribution in [0.5, 0.6) is 0 Å². The summed E-state index contributed by atoms with van der Waals surface area (Å²) in [6.07, 6.45) is 8.93. The average Bonchev–Trinajstić information content (AvgIpc) is 2.46. The van der Waals surface area contributed by atoms with Crippen molar-refractivity contribution in [2.75, 3.05) is 18.0 Å². The minimum atomic E-state index is 0.0628. The summed E-state index contributed by atoms with van der Waals surface area (Å²) in [5.74, 6) is 2.97. The maximum atomic E-state index is 6.09. The Morgan fingerprint density at radius 2 is 2.05 bits per heavy atom. The summed E-state index contributed by atoms with van der Waals surface area (Å²) in [4.78, 5) is 7.08. The molecule has 0 radical (unpaired) electrons. The smallest absolute Gasteiger partial charge is 0.133 e. The third-order valence-corrected chi connectivity index (χ3v) is 4.90. The quantitative estimate of drug-likeness (QED) is 0.887. The van der Waals surface area contributed by atoms with Crippen LogP contribution in [0.15, 0.2) is 18.3 Å². The van der Waals surface area contributed by atoms with E-state index >= 15 is 0 Å². The van der Waals surface area contributed by atoms with Gasteiger partial charge >= 0.3 is 0 Å². The summed E-state index contributed by atoms with van der Waals surface area (Å²) >= 11 is 0. The van der Waals surface area contributed by atoms with E-state index in [1.54, 1.807) is 0 Å². The molecule has 1 aliphatic carbocycles. The molecule has 0 bridgehead atoms. The predicted octanol–water partition coefficient (Wildman–Crippen LogP) is 3.12. The van der Waals surface area contributed by atoms with E-state index in [4.69, 9.17) is 5.73 Å². The molecule has 1 aromatic rings. The number of anilines is 1. The van der Waals surface area contributed by atoms with Gasteiger partial charge in [-0.25, -0.2) is 4.98 Å². The maximum Gasteiger partial charge on any atom is 0.133 e. The van der Waals surface area contributed by atoms with Gasteiger partial charge in [-0.15, -0.1) is 0 Å². The largest absolute Gasteiger partial charge is 0.356 e. The van der Waals surface area contributed by atoms with Crippen LogP contribution >= 0.6 is 0 Å². The number of nitrogens with two attached hydrogens (primary N) is 1. The Bertz CT molecular complexity index is 430. The SMILES string of the molecule is C[C@H](N)c1cccnc1N1CCC2CCCCC2C1. The zero-order chi connectivity index (χ0) is 13.2. The van der Waals surface area contributed by atoms with Crippen LogP contribution in [0.25, 0.3) is 0 Å². The van der Waals surface area contributed by atoms with Gasteiger partial charge in [0.15, 0.2) is 0 Å². The Labute approximate surface area is 116 Å². The summed E-state index contributed by atoms with van der Waals surface area (Å²) in [5, 5.41) is 0. The molecule has 2 heterocycles. The highest BCUT2D eigenvalue weighted by molar-refractivity contribution is 5.48. The van der Waals surface area contributed by atoms with Gasteiger partial charge in [0.05, 0.1) is 0 Å². The lowest BCUT2D eigenvalue weighted by molar-refractivity contribution is 0.202. The maximum absolute atomic E-state index is 6.09. The number of pyridine rings is 1. The molecule has 0 aromatic carbocycles. The van der Waals surface area contributed by atoms with Crippen molar-refractivity contribution in [3.05, 3.63) is 23.9 Å². The number of nitrogens with zero attached hydrogens (tertiary/aromatic N) is 2. The molecule has 1 saturated carbocycles. The van der Waals surface area contributed by atoms with Crippen LogP contribution in [0.3, 0.4) is 0 Å². The molecular formula is C16H25N3. The number of fused-ring (bicyclic) bond motifs is 1. The van der Waals surface area contributed by atoms with Crippen LogP contribution in [-0.2, 0) is 0 Å². The summed E-state index contributed by atoms with van der Waals surface area (Å²) in [6, 6.07) is 4.18. The minimum Gasteiger partial charge on any atom is -0.356 e. The molecule has 1 aromatic heterocycles. The first-order chi connectivity index (χ1) is 9.25. The molecule has 1 saturated heterocycles. The number of rotatable bonds is 2. The van der Waals surface area contributed by atoms with Crippen LogP contribution in [0.2, 0.25) is 0 Å². The van der Waals surface area contributed by atoms with Crippen molar-refractivity contribution >= 4 is 5.82 Å². The first kappa shape index (κ1) is 12.9. The Hall–Kier alpha value is -1.09. The second-order valence-electron chi connectivity index (χ2n) is 6.24. The van der Waals surface area contributed by atoms with Gasteiger partial charge in [-0.1, -0.05) is 25.3 Å². The van der Waals surface area contributed by atoms with E-state index < -0.39 is 0 Å². The van der Waals surface area contributed by atoms with E-state index in [1.807, 2.05) is 19.2 Å². The van der Waals surface area contributed by atoms with Gasteiger partial charge in [-0.2, -0.15) is 0 Å². The minimum absolute atomic E-state index is 0.0628. The van der Waals surface area contributed by atoms with Crippen molar-refractivity contribution in [2.24, 2.45) is 17.6 Å². The number of aromatic nitrogens is 1. The average molecular weight is 259 g/mol. The van der Waals surface area contributed by atoms with Crippen molar-refractivity contribution in [3.8, 4) is 0 Å². The Morgan fingerprint density at radius 1 is 1.26 bits per heavy atom. The summed E-state index contributed by atoms with van der Waals surface area (Å²) < 4.78 is 0. The molecule has 3 heteroatoms. The second-order valence-corrected chi connectivity index (χ2v) is 6.24. The van der Waals surface area contributed by atoms with E-state index in [2.05, 4.69) is 16.0 Å². The number of piperidine rings is 1. The van der Waals surface area contributed by atoms with Crippen molar-refractivity contribution in [3.63, 3.8) is 0 Å². The zero-order valence-electron chi connectivity index (χ0n) is 11.9. The second kappa shape index (κ2) is 5.49. The molecule has 2 aliphatic rings. The zero-order valence-corrected chi connectivity index (χ0v) is 11.9. The third-order valence-electron chi connectivity index (χ3n) is 4.90. The highest BCUT2D eigenvalue weighted by Gasteiger charge is 2.32. The fraction of sp³-hybridized carbons (Fsp3) is 0.688.